The summed E-state index contributed by atoms with van der Waals surface area (Å²) in [5, 5.41) is 3.17. The number of alkyl halides is 2. The van der Waals surface area contributed by atoms with Crippen LogP contribution < -0.4 is 5.32 Å². The van der Waals surface area contributed by atoms with Crippen molar-refractivity contribution in [2.24, 2.45) is 0 Å². The number of thiazole rings is 1. The van der Waals surface area contributed by atoms with Crippen LogP contribution in [0.5, 0.6) is 0 Å². The number of hydrogen-bond acceptors (Lipinski definition) is 4. The average Bonchev–Trinajstić information content (AvgIpc) is 2.75. The molecule has 0 atom stereocenters. The van der Waals surface area contributed by atoms with E-state index in [1.807, 2.05) is 6.92 Å². The van der Waals surface area contributed by atoms with E-state index in [0.29, 0.717) is 27.4 Å². The SMILES string of the molecule is Cc1cnc(NC(=O)c2ccc(SC(F)F)cc2)s1. The van der Waals surface area contributed by atoms with Gasteiger partial charge in [-0.15, -0.1) is 11.3 Å². The number of amides is 1. The van der Waals surface area contributed by atoms with Crippen molar-refractivity contribution < 1.29 is 13.6 Å². The summed E-state index contributed by atoms with van der Waals surface area (Å²) >= 11 is 1.83. The molecule has 3 nitrogen and oxygen atoms in total. The third-order valence-corrected chi connectivity index (χ3v) is 3.73. The smallest absolute Gasteiger partial charge is 0.288 e. The molecule has 0 saturated heterocycles. The highest BCUT2D eigenvalue weighted by molar-refractivity contribution is 7.99. The predicted molar refractivity (Wildman–Crippen MR) is 73.1 cm³/mol. The number of aromatic nitrogens is 1. The van der Waals surface area contributed by atoms with Gasteiger partial charge in [0.25, 0.3) is 11.7 Å². The molecule has 2 rings (SSSR count). The van der Waals surface area contributed by atoms with Crippen LogP contribution in [0.2, 0.25) is 0 Å². The van der Waals surface area contributed by atoms with Gasteiger partial charge < -0.3 is 0 Å². The minimum Gasteiger partial charge on any atom is -0.298 e. The summed E-state index contributed by atoms with van der Waals surface area (Å²) in [7, 11) is 0. The van der Waals surface area contributed by atoms with Crippen molar-refractivity contribution in [2.75, 3.05) is 5.32 Å². The topological polar surface area (TPSA) is 42.0 Å². The molecular weight excluding hydrogens is 290 g/mol. The first kappa shape index (κ1) is 14.0. The third kappa shape index (κ3) is 4.00. The molecule has 0 saturated carbocycles. The van der Waals surface area contributed by atoms with Gasteiger partial charge in [0.05, 0.1) is 0 Å². The number of carbonyl (C=O) groups is 1. The first-order valence-corrected chi connectivity index (χ1v) is 7.03. The van der Waals surface area contributed by atoms with Crippen LogP contribution >= 0.6 is 23.1 Å². The Morgan fingerprint density at radius 1 is 1.37 bits per heavy atom. The Hall–Kier alpha value is -1.47. The Kier molecular flexibility index (Phi) is 4.49. The number of anilines is 1. The molecule has 0 bridgehead atoms. The van der Waals surface area contributed by atoms with E-state index in [2.05, 4.69) is 10.3 Å². The fourth-order valence-electron chi connectivity index (χ4n) is 1.37. The van der Waals surface area contributed by atoms with Crippen molar-refractivity contribution >= 4 is 34.1 Å². The number of nitrogens with one attached hydrogen (secondary N) is 1. The standard InChI is InChI=1S/C12H10F2N2OS2/c1-7-6-15-12(18-7)16-10(17)8-2-4-9(5-3-8)19-11(13)14/h2-6,11H,1H3,(H,15,16,17). The van der Waals surface area contributed by atoms with E-state index in [0.717, 1.165) is 4.88 Å². The van der Waals surface area contributed by atoms with E-state index in [1.54, 1.807) is 6.20 Å². The zero-order valence-corrected chi connectivity index (χ0v) is 11.5. The quantitative estimate of drug-likeness (QED) is 0.867. The number of hydrogen-bond donors (Lipinski definition) is 1. The van der Waals surface area contributed by atoms with Gasteiger partial charge in [-0.05, 0) is 31.2 Å². The molecule has 1 heterocycles. The van der Waals surface area contributed by atoms with Crippen molar-refractivity contribution in [3.63, 3.8) is 0 Å². The van der Waals surface area contributed by atoms with Crippen molar-refractivity contribution in [3.8, 4) is 0 Å². The van der Waals surface area contributed by atoms with Crippen LogP contribution in [0.25, 0.3) is 0 Å². The van der Waals surface area contributed by atoms with Gasteiger partial charge in [-0.3, -0.25) is 10.1 Å². The van der Waals surface area contributed by atoms with Gasteiger partial charge in [-0.1, -0.05) is 11.8 Å². The summed E-state index contributed by atoms with van der Waals surface area (Å²) in [6.45, 7) is 1.89. The van der Waals surface area contributed by atoms with Gasteiger partial charge in [0.1, 0.15) is 0 Å². The molecule has 7 heteroatoms. The first-order chi connectivity index (χ1) is 9.04. The fraction of sp³-hybridized carbons (Fsp3) is 0.167. The van der Waals surface area contributed by atoms with Gasteiger partial charge in [-0.25, -0.2) is 4.98 Å². The highest BCUT2D eigenvalue weighted by atomic mass is 32.2. The van der Waals surface area contributed by atoms with E-state index >= 15 is 0 Å². The minimum atomic E-state index is -2.46. The van der Waals surface area contributed by atoms with Crippen LogP contribution in [-0.2, 0) is 0 Å². The molecule has 0 aliphatic rings. The second kappa shape index (κ2) is 6.12. The van der Waals surface area contributed by atoms with E-state index in [4.69, 9.17) is 0 Å². The Bertz CT molecular complexity index is 569. The number of halogens is 2. The van der Waals surface area contributed by atoms with Crippen molar-refractivity contribution in [2.45, 2.75) is 17.6 Å². The molecule has 1 aromatic heterocycles. The summed E-state index contributed by atoms with van der Waals surface area (Å²) in [6, 6.07) is 6.03. The second-order valence-corrected chi connectivity index (χ2v) is 5.93. The molecule has 0 radical (unpaired) electrons. The van der Waals surface area contributed by atoms with E-state index in [-0.39, 0.29) is 5.91 Å². The van der Waals surface area contributed by atoms with Crippen LogP contribution in [0, 0.1) is 6.92 Å². The number of rotatable bonds is 4. The summed E-state index contributed by atoms with van der Waals surface area (Å²) in [5.74, 6) is -2.76. The van der Waals surface area contributed by atoms with Gasteiger partial charge in [-0.2, -0.15) is 8.78 Å². The van der Waals surface area contributed by atoms with Gasteiger partial charge in [0.15, 0.2) is 5.13 Å². The van der Waals surface area contributed by atoms with Crippen molar-refractivity contribution in [1.82, 2.24) is 4.98 Å². The molecule has 0 aliphatic carbocycles. The zero-order chi connectivity index (χ0) is 13.8. The maximum Gasteiger partial charge on any atom is 0.288 e. The summed E-state index contributed by atoms with van der Waals surface area (Å²) in [6.07, 6.45) is 1.67. The molecule has 0 spiro atoms. The van der Waals surface area contributed by atoms with Crippen LogP contribution in [0.4, 0.5) is 13.9 Å². The minimum absolute atomic E-state index is 0.303. The monoisotopic (exact) mass is 300 g/mol. The first-order valence-electron chi connectivity index (χ1n) is 5.33. The fourth-order valence-corrected chi connectivity index (χ4v) is 2.53. The normalized spacial score (nSPS) is 10.7. The molecule has 2 aromatic rings. The molecule has 0 aliphatic heterocycles. The average molecular weight is 300 g/mol. The summed E-state index contributed by atoms with van der Waals surface area (Å²) < 4.78 is 24.3. The van der Waals surface area contributed by atoms with Gasteiger partial charge >= 0.3 is 0 Å². The Morgan fingerprint density at radius 2 is 2.05 bits per heavy atom. The van der Waals surface area contributed by atoms with Gasteiger partial charge in [0.2, 0.25) is 0 Å². The number of benzene rings is 1. The Balaban J connectivity index is 2.03. The molecule has 1 N–H and O–H groups in total. The summed E-state index contributed by atoms with van der Waals surface area (Å²) in [4.78, 5) is 17.3. The highest BCUT2D eigenvalue weighted by Crippen LogP contribution is 2.25. The summed E-state index contributed by atoms with van der Waals surface area (Å²) in [5.41, 5.74) is 0.409. The molecule has 0 unspecified atom stereocenters. The van der Waals surface area contributed by atoms with Crippen LogP contribution in [-0.4, -0.2) is 16.6 Å². The lowest BCUT2D eigenvalue weighted by Gasteiger charge is -2.03. The molecule has 1 aromatic carbocycles. The van der Waals surface area contributed by atoms with Gasteiger partial charge in [0, 0.05) is 21.5 Å². The van der Waals surface area contributed by atoms with E-state index in [9.17, 15) is 13.6 Å². The second-order valence-electron chi connectivity index (χ2n) is 3.63. The van der Waals surface area contributed by atoms with E-state index in [1.165, 1.54) is 35.6 Å². The maximum atomic E-state index is 12.1. The Labute approximate surface area is 117 Å². The number of nitrogens with zero attached hydrogens (tertiary/aromatic N) is 1. The molecule has 1 amide bonds. The molecule has 0 fully saturated rings. The lowest BCUT2D eigenvalue weighted by Crippen LogP contribution is -2.11. The predicted octanol–water partition coefficient (Wildman–Crippen LogP) is 4.02. The number of aryl methyl sites for hydroxylation is 1. The van der Waals surface area contributed by atoms with Crippen molar-refractivity contribution in [3.05, 3.63) is 40.9 Å². The maximum absolute atomic E-state index is 12.1. The number of carbonyl (C=O) groups excluding carboxylic acids is 1. The lowest BCUT2D eigenvalue weighted by atomic mass is 10.2. The molecule has 19 heavy (non-hydrogen) atoms. The highest BCUT2D eigenvalue weighted by Gasteiger charge is 2.10. The third-order valence-electron chi connectivity index (χ3n) is 2.18. The lowest BCUT2D eigenvalue weighted by molar-refractivity contribution is 0.102. The van der Waals surface area contributed by atoms with Crippen molar-refractivity contribution in [1.29, 1.82) is 0 Å². The Morgan fingerprint density at radius 3 is 2.58 bits per heavy atom. The van der Waals surface area contributed by atoms with Crippen LogP contribution in [0.1, 0.15) is 15.2 Å². The zero-order valence-electron chi connectivity index (χ0n) is 9.89. The number of thioether (sulfide) groups is 1. The largest absolute Gasteiger partial charge is 0.298 e. The molecular formula is C12H10F2N2OS2. The van der Waals surface area contributed by atoms with Crippen LogP contribution in [0.3, 0.4) is 0 Å². The van der Waals surface area contributed by atoms with E-state index < -0.39 is 5.76 Å². The van der Waals surface area contributed by atoms with Crippen LogP contribution in [0.15, 0.2) is 35.4 Å². The molecule has 100 valence electrons.